The molecule has 9 heteroatoms. The van der Waals surface area contributed by atoms with Crippen molar-refractivity contribution >= 4 is 58.3 Å². The van der Waals surface area contributed by atoms with Gasteiger partial charge in [-0.15, -0.1) is 5.47 Å². The topological polar surface area (TPSA) is 86.9 Å². The van der Waals surface area contributed by atoms with E-state index in [1.54, 1.807) is 6.08 Å². The van der Waals surface area contributed by atoms with Crippen LogP contribution in [0.5, 0.6) is 0 Å². The van der Waals surface area contributed by atoms with Crippen molar-refractivity contribution in [1.29, 1.82) is 0 Å². The first-order valence-electron chi connectivity index (χ1n) is 7.49. The van der Waals surface area contributed by atoms with Crippen molar-refractivity contribution < 1.29 is 9.59 Å². The van der Waals surface area contributed by atoms with Crippen LogP contribution >= 0.6 is 27.7 Å². The fourth-order valence-corrected chi connectivity index (χ4v) is 3.61. The number of Topliss-reactive ketones (excluding diaryl/α,β-unsaturated/α-hetero) is 1. The number of H-pyrrole nitrogens is 1. The van der Waals surface area contributed by atoms with Crippen molar-refractivity contribution in [2.45, 2.75) is 16.4 Å². The van der Waals surface area contributed by atoms with Crippen molar-refractivity contribution in [3.63, 3.8) is 0 Å². The number of imidazole rings is 1. The lowest BCUT2D eigenvalue weighted by Gasteiger charge is -2.17. The molecule has 0 fully saturated rings. The maximum atomic E-state index is 12.0. The number of allylic oxidation sites excluding steroid dienone is 3. The van der Waals surface area contributed by atoms with Crippen LogP contribution in [0.3, 0.4) is 0 Å². The molecule has 1 aromatic carbocycles. The van der Waals surface area contributed by atoms with Crippen LogP contribution in [0.15, 0.2) is 52.7 Å². The second-order valence-electron chi connectivity index (χ2n) is 5.40. The lowest BCUT2D eigenvalue weighted by atomic mass is 9.83. The van der Waals surface area contributed by atoms with E-state index in [-0.39, 0.29) is 22.3 Å². The number of aromatic amines is 1. The van der Waals surface area contributed by atoms with Gasteiger partial charge in [-0.25, -0.2) is 4.98 Å². The summed E-state index contributed by atoms with van der Waals surface area (Å²) in [5, 5.41) is 0.676. The number of rotatable bonds is 5. The van der Waals surface area contributed by atoms with Crippen molar-refractivity contribution in [3.8, 4) is 0 Å². The Balaban J connectivity index is 1.50. The minimum Gasteiger partial charge on any atom is -0.333 e. The van der Waals surface area contributed by atoms with Gasteiger partial charge in [0, 0.05) is 11.8 Å². The minimum absolute atomic E-state index is 0.0763. The van der Waals surface area contributed by atoms with Gasteiger partial charge in [0.15, 0.2) is 10.9 Å². The van der Waals surface area contributed by atoms with Crippen molar-refractivity contribution in [3.05, 3.63) is 47.6 Å². The zero-order valence-corrected chi connectivity index (χ0v) is 15.5. The Hall–Kier alpha value is -2.00. The number of fused-ring (bicyclic) bond motifs is 1. The van der Waals surface area contributed by atoms with Gasteiger partial charge in [-0.3, -0.25) is 15.0 Å². The first-order valence-corrected chi connectivity index (χ1v) is 9.39. The molecule has 2 radical (unpaired) electrons. The van der Waals surface area contributed by atoms with Gasteiger partial charge in [0.25, 0.3) is 0 Å². The Morgan fingerprint density at radius 3 is 3.08 bits per heavy atom. The summed E-state index contributed by atoms with van der Waals surface area (Å²) in [4.78, 5) is 31.0. The summed E-state index contributed by atoms with van der Waals surface area (Å²) in [6.45, 7) is 0. The van der Waals surface area contributed by atoms with E-state index in [1.807, 2.05) is 24.3 Å². The number of ketones is 1. The van der Waals surface area contributed by atoms with E-state index in [0.717, 1.165) is 11.0 Å². The predicted octanol–water partition coefficient (Wildman–Crippen LogP) is 1.95. The summed E-state index contributed by atoms with van der Waals surface area (Å²) < 4.78 is 0. The molecule has 1 aliphatic carbocycles. The van der Waals surface area contributed by atoms with E-state index in [0.29, 0.717) is 22.6 Å². The van der Waals surface area contributed by atoms with Gasteiger partial charge >= 0.3 is 0 Å². The molecule has 0 spiro atoms. The summed E-state index contributed by atoms with van der Waals surface area (Å²) in [5.41, 5.74) is 7.97. The second kappa shape index (κ2) is 7.92. The molecular formula is C16H14BBrN4O2S. The van der Waals surface area contributed by atoms with Crippen LogP contribution in [0.25, 0.3) is 11.0 Å². The van der Waals surface area contributed by atoms with Crippen LogP contribution in [0.4, 0.5) is 0 Å². The number of benzene rings is 1. The van der Waals surface area contributed by atoms with Gasteiger partial charge in [-0.1, -0.05) is 45.9 Å². The fourth-order valence-electron chi connectivity index (χ4n) is 2.29. The number of para-hydroxylation sites is 2. The molecule has 1 atom stereocenters. The molecule has 6 nitrogen and oxygen atoms in total. The quantitative estimate of drug-likeness (QED) is 0.228. The van der Waals surface area contributed by atoms with Gasteiger partial charge in [-0.05, 0) is 18.6 Å². The van der Waals surface area contributed by atoms with E-state index in [4.69, 9.17) is 7.85 Å². The Labute approximate surface area is 158 Å². The lowest BCUT2D eigenvalue weighted by Crippen LogP contribution is -2.36. The van der Waals surface area contributed by atoms with Crippen molar-refractivity contribution in [1.82, 2.24) is 20.8 Å². The summed E-state index contributed by atoms with van der Waals surface area (Å²) >= 11 is 4.58. The Bertz CT molecular complexity index is 847. The minimum atomic E-state index is -0.329. The largest absolute Gasteiger partial charge is 0.333 e. The number of hydrogen-bond acceptors (Lipinski definition) is 5. The van der Waals surface area contributed by atoms with Gasteiger partial charge < -0.3 is 10.4 Å². The molecule has 0 aliphatic heterocycles. The summed E-state index contributed by atoms with van der Waals surface area (Å²) in [5.74, 6) is -0.131. The molecule has 1 aromatic heterocycles. The number of alkyl halides is 1. The smallest absolute Gasteiger partial charge is 0.248 e. The molecular weight excluding hydrogens is 403 g/mol. The fraction of sp³-hybridized carbons (Fsp3) is 0.188. The zero-order chi connectivity index (χ0) is 17.8. The van der Waals surface area contributed by atoms with E-state index < -0.39 is 0 Å². The third kappa shape index (κ3) is 4.55. The normalized spacial score (nSPS) is 19.1. The Morgan fingerprint density at radius 2 is 2.28 bits per heavy atom. The number of nitrogens with zero attached hydrogens (tertiary/aromatic N) is 1. The van der Waals surface area contributed by atoms with Crippen LogP contribution in [0, 0.1) is 0 Å². The lowest BCUT2D eigenvalue weighted by molar-refractivity contribution is -0.119. The van der Waals surface area contributed by atoms with E-state index in [9.17, 15) is 9.59 Å². The molecule has 0 saturated heterocycles. The van der Waals surface area contributed by atoms with Crippen molar-refractivity contribution in [2.75, 3.05) is 5.75 Å². The van der Waals surface area contributed by atoms with Gasteiger partial charge in [0.1, 0.15) is 7.85 Å². The molecule has 1 heterocycles. The predicted molar refractivity (Wildman–Crippen MR) is 102 cm³/mol. The van der Waals surface area contributed by atoms with Crippen molar-refractivity contribution in [2.24, 2.45) is 0 Å². The summed E-state index contributed by atoms with van der Waals surface area (Å²) in [7, 11) is 5.76. The SMILES string of the molecule is [B]C1=CC(=CNNC(=O)CSc2nc3ccccc3[nH]2)C(=O)C(Br)C1. The van der Waals surface area contributed by atoms with Gasteiger partial charge in [0.05, 0.1) is 21.6 Å². The number of aromatic nitrogens is 2. The number of thioether (sulfide) groups is 1. The highest BCUT2D eigenvalue weighted by Gasteiger charge is 2.22. The first-order chi connectivity index (χ1) is 12.0. The van der Waals surface area contributed by atoms with Crippen LogP contribution in [0.1, 0.15) is 6.42 Å². The number of carbonyl (C=O) groups is 2. The molecule has 0 saturated carbocycles. The molecule has 3 N–H and O–H groups in total. The molecule has 126 valence electrons. The average Bonchev–Trinajstić information content (AvgIpc) is 3.00. The van der Waals surface area contributed by atoms with E-state index in [1.165, 1.54) is 18.0 Å². The Kier molecular flexibility index (Phi) is 5.65. The molecule has 1 unspecified atom stereocenters. The molecule has 25 heavy (non-hydrogen) atoms. The van der Waals surface area contributed by atoms with Crippen LogP contribution in [0.2, 0.25) is 0 Å². The third-order valence-electron chi connectivity index (χ3n) is 3.47. The van der Waals surface area contributed by atoms with E-state index >= 15 is 0 Å². The number of amides is 1. The second-order valence-corrected chi connectivity index (χ2v) is 7.46. The molecule has 2 aromatic rings. The highest BCUT2D eigenvalue weighted by atomic mass is 79.9. The highest BCUT2D eigenvalue weighted by molar-refractivity contribution is 9.10. The maximum Gasteiger partial charge on any atom is 0.248 e. The van der Waals surface area contributed by atoms with E-state index in [2.05, 4.69) is 36.7 Å². The number of hydrazine groups is 1. The zero-order valence-electron chi connectivity index (χ0n) is 13.1. The monoisotopic (exact) mass is 416 g/mol. The number of halogens is 1. The molecule has 1 amide bonds. The molecule has 1 aliphatic rings. The maximum absolute atomic E-state index is 12.0. The number of hydrogen-bond donors (Lipinski definition) is 3. The first kappa shape index (κ1) is 17.8. The van der Waals surface area contributed by atoms with Crippen LogP contribution in [-0.2, 0) is 9.59 Å². The summed E-state index contributed by atoms with van der Waals surface area (Å²) in [6.07, 6.45) is 3.52. The van der Waals surface area contributed by atoms with Gasteiger partial charge in [-0.2, -0.15) is 0 Å². The molecule has 3 rings (SSSR count). The van der Waals surface area contributed by atoms with Gasteiger partial charge in [0.2, 0.25) is 5.91 Å². The number of nitrogens with one attached hydrogen (secondary N) is 3. The Morgan fingerprint density at radius 1 is 1.48 bits per heavy atom. The third-order valence-corrected chi connectivity index (χ3v) is 5.08. The number of carbonyl (C=O) groups excluding carboxylic acids is 2. The standard InChI is InChI=1S/C16H14BBrN4O2S/c17-10-5-9(15(24)11(18)6-10)7-19-22-14(23)8-25-16-20-12-3-1-2-4-13(12)21-16/h1-5,7,11,19H,6,8H2,(H,20,21)(H,22,23). The highest BCUT2D eigenvalue weighted by Crippen LogP contribution is 2.23. The average molecular weight is 417 g/mol. The van der Waals surface area contributed by atoms with Crippen LogP contribution < -0.4 is 10.9 Å². The summed E-state index contributed by atoms with van der Waals surface area (Å²) in [6, 6.07) is 7.66. The van der Waals surface area contributed by atoms with Crippen LogP contribution in [-0.4, -0.2) is 40.1 Å². The molecule has 0 bridgehead atoms.